The molecule has 0 amide bonds. The highest BCUT2D eigenvalue weighted by Crippen LogP contribution is 2.30. The Kier molecular flexibility index (Phi) is 10.7. The van der Waals surface area contributed by atoms with Gasteiger partial charge in [0.2, 0.25) is 0 Å². The molecular weight excluding hydrogens is 328 g/mol. The number of ether oxygens (including phenoxy) is 3. The van der Waals surface area contributed by atoms with E-state index >= 15 is 0 Å². The number of nitro groups is 1. The summed E-state index contributed by atoms with van der Waals surface area (Å²) in [6.45, 7) is 7.65. The van der Waals surface area contributed by atoms with Gasteiger partial charge in [0.25, 0.3) is 5.69 Å². The summed E-state index contributed by atoms with van der Waals surface area (Å²) in [5.74, 6) is 0.0221. The second kappa shape index (κ2) is 12.6. The Balaban J connectivity index is 2.69. The number of phenols is 1. The molecule has 1 atom stereocenters. The van der Waals surface area contributed by atoms with Crippen LogP contribution in [0.4, 0.5) is 5.69 Å². The molecule has 1 rings (SSSR count). The Morgan fingerprint density at radius 2 is 1.80 bits per heavy atom. The van der Waals surface area contributed by atoms with Crippen molar-refractivity contribution < 1.29 is 24.2 Å². The van der Waals surface area contributed by atoms with Gasteiger partial charge in [-0.2, -0.15) is 0 Å². The molecule has 0 aliphatic carbocycles. The highest BCUT2D eigenvalue weighted by Gasteiger charge is 2.18. The summed E-state index contributed by atoms with van der Waals surface area (Å²) in [4.78, 5) is 10.5. The van der Waals surface area contributed by atoms with Crippen LogP contribution in [0.2, 0.25) is 0 Å². The van der Waals surface area contributed by atoms with Crippen molar-refractivity contribution in [2.75, 3.05) is 46.2 Å². The third-order valence-corrected chi connectivity index (χ3v) is 3.57. The second-order valence-corrected chi connectivity index (χ2v) is 5.30. The molecule has 8 heteroatoms. The highest BCUT2D eigenvalue weighted by atomic mass is 16.6. The average Bonchev–Trinajstić information content (AvgIpc) is 2.60. The van der Waals surface area contributed by atoms with Crippen LogP contribution in [0.5, 0.6) is 5.75 Å². The minimum absolute atomic E-state index is 0.0221. The van der Waals surface area contributed by atoms with Crippen LogP contribution in [0.25, 0.3) is 0 Å². The maximum absolute atomic E-state index is 11.0. The molecule has 142 valence electrons. The molecule has 0 spiro atoms. The SMILES string of the molecule is CCOCCNC(CCOCCOCC)c1cc([N+](=O)[O-])ccc1O. The standard InChI is InChI=1S/C17H28N2O6/c1-3-23-10-8-18-16(7-9-25-12-11-24-4-2)15-13-14(19(21)22)5-6-17(15)20/h5-6,13,16,18,20H,3-4,7-12H2,1-2H3. The van der Waals surface area contributed by atoms with Gasteiger partial charge in [-0.15, -0.1) is 0 Å². The van der Waals surface area contributed by atoms with Gasteiger partial charge < -0.3 is 24.6 Å². The molecule has 25 heavy (non-hydrogen) atoms. The molecule has 0 aliphatic rings. The number of non-ortho nitro benzene ring substituents is 1. The van der Waals surface area contributed by atoms with Crippen molar-refractivity contribution >= 4 is 5.69 Å². The van der Waals surface area contributed by atoms with Crippen molar-refractivity contribution in [3.05, 3.63) is 33.9 Å². The third-order valence-electron chi connectivity index (χ3n) is 3.57. The Hall–Kier alpha value is -1.74. The Morgan fingerprint density at radius 3 is 2.48 bits per heavy atom. The monoisotopic (exact) mass is 356 g/mol. The molecule has 2 N–H and O–H groups in total. The molecule has 0 saturated carbocycles. The zero-order valence-electron chi connectivity index (χ0n) is 14.9. The minimum Gasteiger partial charge on any atom is -0.508 e. The van der Waals surface area contributed by atoms with Crippen LogP contribution in [0.15, 0.2) is 18.2 Å². The van der Waals surface area contributed by atoms with Gasteiger partial charge in [0, 0.05) is 50.1 Å². The van der Waals surface area contributed by atoms with E-state index in [1.54, 1.807) is 0 Å². The van der Waals surface area contributed by atoms with Crippen molar-refractivity contribution in [1.82, 2.24) is 5.32 Å². The normalized spacial score (nSPS) is 12.2. The largest absolute Gasteiger partial charge is 0.508 e. The van der Waals surface area contributed by atoms with Crippen molar-refractivity contribution in [2.45, 2.75) is 26.3 Å². The van der Waals surface area contributed by atoms with E-state index in [1.165, 1.54) is 18.2 Å². The van der Waals surface area contributed by atoms with Gasteiger partial charge >= 0.3 is 0 Å². The van der Waals surface area contributed by atoms with Crippen molar-refractivity contribution in [3.8, 4) is 5.75 Å². The smallest absolute Gasteiger partial charge is 0.270 e. The first-order valence-corrected chi connectivity index (χ1v) is 8.54. The fourth-order valence-electron chi connectivity index (χ4n) is 2.32. The first-order valence-electron chi connectivity index (χ1n) is 8.54. The van der Waals surface area contributed by atoms with Crippen LogP contribution in [-0.4, -0.2) is 56.2 Å². The van der Waals surface area contributed by atoms with Gasteiger partial charge in [0.15, 0.2) is 0 Å². The fourth-order valence-corrected chi connectivity index (χ4v) is 2.32. The molecule has 0 bridgehead atoms. The summed E-state index contributed by atoms with van der Waals surface area (Å²) in [6, 6.07) is 3.76. The Morgan fingerprint density at radius 1 is 1.12 bits per heavy atom. The molecule has 0 radical (unpaired) electrons. The lowest BCUT2D eigenvalue weighted by Gasteiger charge is -2.20. The van der Waals surface area contributed by atoms with Gasteiger partial charge in [-0.3, -0.25) is 10.1 Å². The maximum Gasteiger partial charge on any atom is 0.270 e. The number of nitrogens with zero attached hydrogens (tertiary/aromatic N) is 1. The van der Waals surface area contributed by atoms with E-state index < -0.39 is 4.92 Å². The minimum atomic E-state index is -0.473. The molecule has 0 saturated heterocycles. The van der Waals surface area contributed by atoms with Gasteiger partial charge in [0.05, 0.1) is 24.7 Å². The van der Waals surface area contributed by atoms with Crippen molar-refractivity contribution in [2.24, 2.45) is 0 Å². The van der Waals surface area contributed by atoms with Gasteiger partial charge in [-0.05, 0) is 26.3 Å². The number of benzene rings is 1. The summed E-state index contributed by atoms with van der Waals surface area (Å²) >= 11 is 0. The topological polar surface area (TPSA) is 103 Å². The number of aromatic hydroxyl groups is 1. The van der Waals surface area contributed by atoms with Crippen molar-refractivity contribution in [1.29, 1.82) is 0 Å². The molecule has 1 aromatic rings. The quantitative estimate of drug-likeness (QED) is 0.300. The second-order valence-electron chi connectivity index (χ2n) is 5.30. The van der Waals surface area contributed by atoms with E-state index in [4.69, 9.17) is 14.2 Å². The van der Waals surface area contributed by atoms with E-state index in [9.17, 15) is 15.2 Å². The lowest BCUT2D eigenvalue weighted by atomic mass is 10.0. The molecule has 1 aromatic carbocycles. The number of nitrogens with one attached hydrogen (secondary N) is 1. The molecule has 0 aromatic heterocycles. The first-order chi connectivity index (χ1) is 12.1. The van der Waals surface area contributed by atoms with Crippen LogP contribution in [-0.2, 0) is 14.2 Å². The predicted molar refractivity (Wildman–Crippen MR) is 93.9 cm³/mol. The maximum atomic E-state index is 11.0. The zero-order valence-corrected chi connectivity index (χ0v) is 14.9. The molecular formula is C17H28N2O6. The van der Waals surface area contributed by atoms with Crippen LogP contribution in [0.1, 0.15) is 31.9 Å². The summed E-state index contributed by atoms with van der Waals surface area (Å²) in [7, 11) is 0. The van der Waals surface area contributed by atoms with Gasteiger partial charge in [-0.25, -0.2) is 0 Å². The summed E-state index contributed by atoms with van der Waals surface area (Å²) in [5.41, 5.74) is 0.431. The molecule has 0 heterocycles. The number of hydrogen-bond acceptors (Lipinski definition) is 7. The van der Waals surface area contributed by atoms with E-state index in [1.807, 2.05) is 13.8 Å². The predicted octanol–water partition coefficient (Wildman–Crippen LogP) is 2.41. The molecule has 1 unspecified atom stereocenters. The van der Waals surface area contributed by atoms with E-state index in [2.05, 4.69) is 5.32 Å². The lowest BCUT2D eigenvalue weighted by molar-refractivity contribution is -0.385. The number of rotatable bonds is 14. The first kappa shape index (κ1) is 21.3. The van der Waals surface area contributed by atoms with Crippen LogP contribution < -0.4 is 5.32 Å². The third kappa shape index (κ3) is 8.26. The summed E-state index contributed by atoms with van der Waals surface area (Å²) < 4.78 is 16.0. The van der Waals surface area contributed by atoms with Crippen LogP contribution in [0.3, 0.4) is 0 Å². The van der Waals surface area contributed by atoms with Crippen LogP contribution in [0, 0.1) is 10.1 Å². The lowest BCUT2D eigenvalue weighted by Crippen LogP contribution is -2.27. The molecule has 0 fully saturated rings. The Labute approximate surface area is 148 Å². The van der Waals surface area contributed by atoms with Crippen LogP contribution >= 0.6 is 0 Å². The summed E-state index contributed by atoms with van der Waals surface area (Å²) in [6.07, 6.45) is 0.562. The molecule has 8 nitrogen and oxygen atoms in total. The fraction of sp³-hybridized carbons (Fsp3) is 0.647. The van der Waals surface area contributed by atoms with Gasteiger partial charge in [-0.1, -0.05) is 0 Å². The van der Waals surface area contributed by atoms with Gasteiger partial charge in [0.1, 0.15) is 5.75 Å². The zero-order chi connectivity index (χ0) is 18.5. The number of phenolic OH excluding ortho intramolecular Hbond substituents is 1. The van der Waals surface area contributed by atoms with E-state index in [0.717, 1.165) is 0 Å². The Bertz CT molecular complexity index is 512. The summed E-state index contributed by atoms with van der Waals surface area (Å²) in [5, 5.41) is 24.4. The number of hydrogen-bond donors (Lipinski definition) is 2. The van der Waals surface area contributed by atoms with E-state index in [0.29, 0.717) is 58.2 Å². The number of nitro benzene ring substituents is 1. The van der Waals surface area contributed by atoms with Crippen molar-refractivity contribution in [3.63, 3.8) is 0 Å². The highest BCUT2D eigenvalue weighted by molar-refractivity contribution is 5.44. The average molecular weight is 356 g/mol. The molecule has 0 aliphatic heterocycles. The van der Waals surface area contributed by atoms with E-state index in [-0.39, 0.29) is 17.5 Å².